The molecular weight excluding hydrogens is 372 g/mol. The highest BCUT2D eigenvalue weighted by Crippen LogP contribution is 2.11. The highest BCUT2D eigenvalue weighted by atomic mass is 35.5. The SMILES string of the molecule is Fc1ccc(CCNc2nc(Cl)nc(NCCc3ccc(F)cc3)n2)cc1. The lowest BCUT2D eigenvalue weighted by Crippen LogP contribution is -2.13. The van der Waals surface area contributed by atoms with E-state index in [4.69, 9.17) is 11.6 Å². The molecule has 0 unspecified atom stereocenters. The van der Waals surface area contributed by atoms with Crippen LogP contribution in [0, 0.1) is 11.6 Å². The summed E-state index contributed by atoms with van der Waals surface area (Å²) in [6.45, 7) is 1.14. The molecule has 0 aliphatic heterocycles. The molecular formula is C19H18ClF2N5. The number of aromatic nitrogens is 3. The first-order valence-electron chi connectivity index (χ1n) is 8.47. The molecule has 0 atom stereocenters. The molecule has 0 spiro atoms. The fourth-order valence-electron chi connectivity index (χ4n) is 2.45. The second kappa shape index (κ2) is 9.23. The van der Waals surface area contributed by atoms with Gasteiger partial charge in [-0.25, -0.2) is 8.78 Å². The number of hydrogen-bond acceptors (Lipinski definition) is 5. The van der Waals surface area contributed by atoms with Gasteiger partial charge in [0.25, 0.3) is 0 Å². The molecule has 0 amide bonds. The lowest BCUT2D eigenvalue weighted by atomic mass is 10.1. The van der Waals surface area contributed by atoms with Crippen molar-refractivity contribution in [1.29, 1.82) is 0 Å². The van der Waals surface area contributed by atoms with Crippen molar-refractivity contribution < 1.29 is 8.78 Å². The van der Waals surface area contributed by atoms with Crippen molar-refractivity contribution in [3.05, 3.63) is 76.6 Å². The average molecular weight is 390 g/mol. The fraction of sp³-hybridized carbons (Fsp3) is 0.211. The quantitative estimate of drug-likeness (QED) is 0.607. The van der Waals surface area contributed by atoms with Crippen LogP contribution in [-0.4, -0.2) is 28.0 Å². The lowest BCUT2D eigenvalue weighted by molar-refractivity contribution is 0.626. The number of halogens is 3. The summed E-state index contributed by atoms with van der Waals surface area (Å²) in [5, 5.41) is 6.24. The lowest BCUT2D eigenvalue weighted by Gasteiger charge is -2.09. The van der Waals surface area contributed by atoms with Crippen LogP contribution in [0.3, 0.4) is 0 Å². The predicted octanol–water partition coefficient (Wildman–Crippen LogP) is 4.11. The zero-order valence-corrected chi connectivity index (χ0v) is 15.2. The van der Waals surface area contributed by atoms with Gasteiger partial charge in [-0.2, -0.15) is 15.0 Å². The van der Waals surface area contributed by atoms with Crippen molar-refractivity contribution in [3.63, 3.8) is 0 Å². The van der Waals surface area contributed by atoms with E-state index in [1.807, 2.05) is 0 Å². The molecule has 3 rings (SSSR count). The van der Waals surface area contributed by atoms with E-state index in [-0.39, 0.29) is 16.9 Å². The van der Waals surface area contributed by atoms with Crippen LogP contribution in [0.1, 0.15) is 11.1 Å². The Morgan fingerprint density at radius 1 is 0.667 bits per heavy atom. The largest absolute Gasteiger partial charge is 0.354 e. The Bertz CT molecular complexity index is 803. The number of nitrogens with zero attached hydrogens (tertiary/aromatic N) is 3. The van der Waals surface area contributed by atoms with Crippen LogP contribution in [0.5, 0.6) is 0 Å². The molecule has 0 bridgehead atoms. The second-order valence-corrected chi connectivity index (χ2v) is 6.20. The molecule has 0 saturated carbocycles. The summed E-state index contributed by atoms with van der Waals surface area (Å²) >= 11 is 5.95. The molecule has 0 fully saturated rings. The third kappa shape index (κ3) is 6.14. The standard InChI is InChI=1S/C19H18ClF2N5/c20-17-25-18(23-11-9-13-1-5-15(21)6-2-13)27-19(26-17)24-12-10-14-3-7-16(22)8-4-14/h1-8H,9-12H2,(H2,23,24,25,26,27). The van der Waals surface area contributed by atoms with Gasteiger partial charge in [0.2, 0.25) is 17.2 Å². The highest BCUT2D eigenvalue weighted by molar-refractivity contribution is 6.28. The van der Waals surface area contributed by atoms with Gasteiger partial charge in [-0.1, -0.05) is 24.3 Å². The molecule has 0 radical (unpaired) electrons. The van der Waals surface area contributed by atoms with E-state index in [2.05, 4.69) is 25.6 Å². The van der Waals surface area contributed by atoms with E-state index in [0.29, 0.717) is 37.8 Å². The van der Waals surface area contributed by atoms with Crippen LogP contribution in [0.15, 0.2) is 48.5 Å². The monoisotopic (exact) mass is 389 g/mol. The maximum atomic E-state index is 12.9. The first-order chi connectivity index (χ1) is 13.1. The van der Waals surface area contributed by atoms with E-state index in [1.54, 1.807) is 24.3 Å². The summed E-state index contributed by atoms with van der Waals surface area (Å²) in [7, 11) is 0. The topological polar surface area (TPSA) is 62.7 Å². The molecule has 8 heteroatoms. The van der Waals surface area contributed by atoms with E-state index in [1.165, 1.54) is 24.3 Å². The smallest absolute Gasteiger partial charge is 0.228 e. The second-order valence-electron chi connectivity index (χ2n) is 5.86. The summed E-state index contributed by atoms with van der Waals surface area (Å²) in [5.41, 5.74) is 2.00. The molecule has 1 aromatic heterocycles. The summed E-state index contributed by atoms with van der Waals surface area (Å²) in [6.07, 6.45) is 1.38. The maximum absolute atomic E-state index is 12.9. The highest BCUT2D eigenvalue weighted by Gasteiger charge is 2.05. The van der Waals surface area contributed by atoms with Crippen LogP contribution in [0.2, 0.25) is 5.28 Å². The molecule has 140 valence electrons. The van der Waals surface area contributed by atoms with E-state index >= 15 is 0 Å². The molecule has 2 aromatic carbocycles. The van der Waals surface area contributed by atoms with Gasteiger partial charge >= 0.3 is 0 Å². The number of hydrogen-bond donors (Lipinski definition) is 2. The summed E-state index contributed by atoms with van der Waals surface area (Å²) in [4.78, 5) is 12.4. The predicted molar refractivity (Wildman–Crippen MR) is 102 cm³/mol. The maximum Gasteiger partial charge on any atom is 0.228 e. The minimum absolute atomic E-state index is 0.0820. The zero-order valence-electron chi connectivity index (χ0n) is 14.4. The first-order valence-corrected chi connectivity index (χ1v) is 8.84. The minimum Gasteiger partial charge on any atom is -0.354 e. The van der Waals surface area contributed by atoms with Gasteiger partial charge in [0.15, 0.2) is 0 Å². The molecule has 0 aliphatic carbocycles. The van der Waals surface area contributed by atoms with Gasteiger partial charge in [-0.05, 0) is 59.8 Å². The summed E-state index contributed by atoms with van der Waals surface area (Å²) in [6, 6.07) is 12.7. The number of anilines is 2. The average Bonchev–Trinajstić information content (AvgIpc) is 2.65. The van der Waals surface area contributed by atoms with E-state index in [9.17, 15) is 8.78 Å². The van der Waals surface area contributed by atoms with Crippen LogP contribution in [-0.2, 0) is 12.8 Å². The molecule has 1 heterocycles. The third-order valence-electron chi connectivity index (χ3n) is 3.83. The number of benzene rings is 2. The Labute approximate surface area is 160 Å². The summed E-state index contributed by atoms with van der Waals surface area (Å²) in [5.74, 6) is 0.211. The molecule has 3 aromatic rings. The van der Waals surface area contributed by atoms with Crippen molar-refractivity contribution in [2.24, 2.45) is 0 Å². The van der Waals surface area contributed by atoms with Crippen LogP contribution in [0.25, 0.3) is 0 Å². The molecule has 27 heavy (non-hydrogen) atoms. The van der Waals surface area contributed by atoms with E-state index < -0.39 is 0 Å². The van der Waals surface area contributed by atoms with Crippen molar-refractivity contribution >= 4 is 23.5 Å². The van der Waals surface area contributed by atoms with Crippen molar-refractivity contribution in [3.8, 4) is 0 Å². The Morgan fingerprint density at radius 2 is 1.07 bits per heavy atom. The van der Waals surface area contributed by atoms with Gasteiger partial charge in [0.05, 0.1) is 0 Å². The van der Waals surface area contributed by atoms with Crippen molar-refractivity contribution in [2.45, 2.75) is 12.8 Å². The number of rotatable bonds is 8. The van der Waals surface area contributed by atoms with Crippen LogP contribution < -0.4 is 10.6 Å². The van der Waals surface area contributed by atoms with Gasteiger partial charge in [0, 0.05) is 13.1 Å². The number of nitrogens with one attached hydrogen (secondary N) is 2. The van der Waals surface area contributed by atoms with Gasteiger partial charge in [-0.3, -0.25) is 0 Å². The Balaban J connectivity index is 1.50. The van der Waals surface area contributed by atoms with Gasteiger partial charge in [-0.15, -0.1) is 0 Å². The van der Waals surface area contributed by atoms with Gasteiger partial charge in [0.1, 0.15) is 11.6 Å². The molecule has 2 N–H and O–H groups in total. The Hall–Kier alpha value is -2.80. The van der Waals surface area contributed by atoms with Gasteiger partial charge < -0.3 is 10.6 Å². The fourth-order valence-corrected chi connectivity index (χ4v) is 2.61. The minimum atomic E-state index is -0.257. The molecule has 5 nitrogen and oxygen atoms in total. The normalized spacial score (nSPS) is 10.6. The van der Waals surface area contributed by atoms with Crippen LogP contribution in [0.4, 0.5) is 20.7 Å². The van der Waals surface area contributed by atoms with Crippen LogP contribution >= 0.6 is 11.6 Å². The Kier molecular flexibility index (Phi) is 6.49. The first kappa shape index (κ1) is 19.0. The zero-order chi connectivity index (χ0) is 19.1. The molecule has 0 saturated heterocycles. The molecule has 0 aliphatic rings. The van der Waals surface area contributed by atoms with Crippen molar-refractivity contribution in [2.75, 3.05) is 23.7 Å². The summed E-state index contributed by atoms with van der Waals surface area (Å²) < 4.78 is 25.8. The Morgan fingerprint density at radius 3 is 1.48 bits per heavy atom. The van der Waals surface area contributed by atoms with Crippen molar-refractivity contribution in [1.82, 2.24) is 15.0 Å². The van der Waals surface area contributed by atoms with E-state index in [0.717, 1.165) is 11.1 Å². The third-order valence-corrected chi connectivity index (χ3v) is 4.00.